The lowest BCUT2D eigenvalue weighted by atomic mass is 10.0. The average molecular weight is 389 g/mol. The van der Waals surface area contributed by atoms with Crippen LogP contribution in [0.25, 0.3) is 33.3 Å². The number of ether oxygens (including phenoxy) is 1. The van der Waals surface area contributed by atoms with Crippen LogP contribution in [-0.4, -0.2) is 11.6 Å². The van der Waals surface area contributed by atoms with Crippen LogP contribution in [0.4, 0.5) is 4.39 Å². The molecule has 28 heavy (non-hydrogen) atoms. The van der Waals surface area contributed by atoms with E-state index in [1.165, 1.54) is 0 Å². The second-order valence-corrected chi connectivity index (χ2v) is 7.42. The molecule has 1 heterocycles. The van der Waals surface area contributed by atoms with Crippen molar-refractivity contribution >= 4 is 25.4 Å². The van der Waals surface area contributed by atoms with Crippen molar-refractivity contribution in [3.8, 4) is 28.1 Å². The van der Waals surface area contributed by atoms with E-state index in [4.69, 9.17) is 9.72 Å². The molecular formula is C24H21FNOP. The monoisotopic (exact) mass is 389 g/mol. The fraction of sp³-hybridized carbons (Fsp3) is 0.125. The summed E-state index contributed by atoms with van der Waals surface area (Å²) in [5.41, 5.74) is 4.98. The maximum Gasteiger partial charge on any atom is 0.131 e. The minimum absolute atomic E-state index is 0.262. The van der Waals surface area contributed by atoms with Crippen LogP contribution in [0, 0.1) is 12.7 Å². The molecule has 0 fully saturated rings. The van der Waals surface area contributed by atoms with Gasteiger partial charge < -0.3 is 4.74 Å². The smallest absolute Gasteiger partial charge is 0.131 e. The first-order chi connectivity index (χ1) is 13.5. The number of pyridine rings is 1. The largest absolute Gasteiger partial charge is 0.494 e. The first-order valence-corrected chi connectivity index (χ1v) is 9.83. The van der Waals surface area contributed by atoms with E-state index in [-0.39, 0.29) is 5.82 Å². The Kier molecular flexibility index (Phi) is 5.11. The molecule has 4 rings (SSSR count). The van der Waals surface area contributed by atoms with E-state index in [0.29, 0.717) is 12.2 Å². The van der Waals surface area contributed by atoms with Crippen LogP contribution < -0.4 is 10.0 Å². The van der Waals surface area contributed by atoms with E-state index >= 15 is 0 Å². The number of hydrogen-bond acceptors (Lipinski definition) is 2. The Morgan fingerprint density at radius 2 is 1.68 bits per heavy atom. The van der Waals surface area contributed by atoms with E-state index in [1.54, 1.807) is 6.07 Å². The van der Waals surface area contributed by atoms with Gasteiger partial charge >= 0.3 is 0 Å². The number of hydrogen-bond donors (Lipinski definition) is 0. The molecule has 4 heteroatoms. The second-order valence-electron chi connectivity index (χ2n) is 6.75. The number of nitrogens with zero attached hydrogens (tertiary/aromatic N) is 1. The maximum atomic E-state index is 14.9. The van der Waals surface area contributed by atoms with E-state index in [0.717, 1.165) is 44.3 Å². The molecule has 0 amide bonds. The standard InChI is InChI=1S/C24H21FNOP/c1-3-27-18-7-4-16(5-8-18)20-10-6-17(13-22(20)25)24-12-15(2)21-14-19(28)9-11-23(21)26-24/h4-14H,3,28H2,1-2H3. The zero-order valence-corrected chi connectivity index (χ0v) is 17.0. The Balaban J connectivity index is 1.71. The number of halogens is 1. The molecule has 4 aromatic rings. The van der Waals surface area contributed by atoms with Gasteiger partial charge in [0.15, 0.2) is 0 Å². The van der Waals surface area contributed by atoms with Gasteiger partial charge in [-0.2, -0.15) is 0 Å². The Morgan fingerprint density at radius 1 is 0.929 bits per heavy atom. The van der Waals surface area contributed by atoms with Crippen molar-refractivity contribution in [1.29, 1.82) is 0 Å². The first kappa shape index (κ1) is 18.6. The minimum Gasteiger partial charge on any atom is -0.494 e. The van der Waals surface area contributed by atoms with Crippen molar-refractivity contribution in [2.24, 2.45) is 0 Å². The molecular weight excluding hydrogens is 368 g/mol. The molecule has 1 atom stereocenters. The predicted molar refractivity (Wildman–Crippen MR) is 118 cm³/mol. The summed E-state index contributed by atoms with van der Waals surface area (Å²) in [6.45, 7) is 4.61. The Bertz CT molecular complexity index is 1160. The predicted octanol–water partition coefficient (Wildman–Crippen LogP) is 5.92. The molecule has 0 saturated carbocycles. The highest BCUT2D eigenvalue weighted by molar-refractivity contribution is 7.27. The van der Waals surface area contributed by atoms with Crippen LogP contribution in [0.15, 0.2) is 66.7 Å². The maximum absolute atomic E-state index is 14.9. The number of aromatic nitrogens is 1. The van der Waals surface area contributed by atoms with Gasteiger partial charge in [-0.3, -0.25) is 0 Å². The number of aryl methyl sites for hydroxylation is 1. The normalized spacial score (nSPS) is 11.0. The van der Waals surface area contributed by atoms with Crippen LogP contribution in [0.1, 0.15) is 12.5 Å². The van der Waals surface area contributed by atoms with Crippen molar-refractivity contribution < 1.29 is 9.13 Å². The van der Waals surface area contributed by atoms with Gasteiger partial charge in [-0.15, -0.1) is 9.24 Å². The van der Waals surface area contributed by atoms with Gasteiger partial charge in [0.1, 0.15) is 11.6 Å². The van der Waals surface area contributed by atoms with Crippen LogP contribution in [0.5, 0.6) is 5.75 Å². The lowest BCUT2D eigenvalue weighted by molar-refractivity contribution is 0.340. The average Bonchev–Trinajstić information content (AvgIpc) is 2.69. The molecule has 140 valence electrons. The van der Waals surface area contributed by atoms with Crippen molar-refractivity contribution in [1.82, 2.24) is 4.98 Å². The van der Waals surface area contributed by atoms with E-state index in [9.17, 15) is 4.39 Å². The molecule has 2 nitrogen and oxygen atoms in total. The summed E-state index contributed by atoms with van der Waals surface area (Å²) in [6, 6.07) is 20.9. The highest BCUT2D eigenvalue weighted by Gasteiger charge is 2.10. The summed E-state index contributed by atoms with van der Waals surface area (Å²) in [6.07, 6.45) is 0. The van der Waals surface area contributed by atoms with Crippen molar-refractivity contribution in [2.45, 2.75) is 13.8 Å². The fourth-order valence-corrected chi connectivity index (χ4v) is 3.63. The Morgan fingerprint density at radius 3 is 2.39 bits per heavy atom. The SMILES string of the molecule is CCOc1ccc(-c2ccc(-c3cc(C)c4cc(P)ccc4n3)cc2F)cc1. The van der Waals surface area contributed by atoms with Crippen LogP contribution in [-0.2, 0) is 0 Å². The lowest BCUT2D eigenvalue weighted by Crippen LogP contribution is -1.95. The summed E-state index contributed by atoms with van der Waals surface area (Å²) < 4.78 is 20.3. The Labute approximate surface area is 166 Å². The molecule has 1 aromatic heterocycles. The van der Waals surface area contributed by atoms with Gasteiger partial charge in [-0.25, -0.2) is 9.37 Å². The van der Waals surface area contributed by atoms with Crippen LogP contribution in [0.2, 0.25) is 0 Å². The third-order valence-corrected chi connectivity index (χ3v) is 5.14. The second kappa shape index (κ2) is 7.69. The minimum atomic E-state index is -0.262. The third-order valence-electron chi connectivity index (χ3n) is 4.78. The lowest BCUT2D eigenvalue weighted by Gasteiger charge is -2.10. The van der Waals surface area contributed by atoms with E-state index < -0.39 is 0 Å². The zero-order valence-electron chi connectivity index (χ0n) is 15.9. The van der Waals surface area contributed by atoms with Gasteiger partial charge in [-0.05, 0) is 66.7 Å². The van der Waals surface area contributed by atoms with Crippen molar-refractivity contribution in [2.75, 3.05) is 6.61 Å². The third kappa shape index (κ3) is 3.63. The zero-order chi connectivity index (χ0) is 19.7. The number of benzene rings is 3. The van der Waals surface area contributed by atoms with Gasteiger partial charge in [0.05, 0.1) is 17.8 Å². The molecule has 0 aliphatic carbocycles. The molecule has 0 aliphatic rings. The molecule has 3 aromatic carbocycles. The van der Waals surface area contributed by atoms with Gasteiger partial charge in [0.25, 0.3) is 0 Å². The highest BCUT2D eigenvalue weighted by atomic mass is 31.0. The molecule has 1 unspecified atom stereocenters. The van der Waals surface area contributed by atoms with Crippen LogP contribution >= 0.6 is 9.24 Å². The molecule has 0 spiro atoms. The summed E-state index contributed by atoms with van der Waals surface area (Å²) in [5, 5.41) is 2.23. The Hall–Kier alpha value is -2.77. The summed E-state index contributed by atoms with van der Waals surface area (Å²) in [7, 11) is 2.71. The molecule has 0 N–H and O–H groups in total. The van der Waals surface area contributed by atoms with E-state index in [2.05, 4.69) is 22.2 Å². The summed E-state index contributed by atoms with van der Waals surface area (Å²) in [5.74, 6) is 0.522. The van der Waals surface area contributed by atoms with Gasteiger partial charge in [0.2, 0.25) is 0 Å². The van der Waals surface area contributed by atoms with Gasteiger partial charge in [0, 0.05) is 16.5 Å². The highest BCUT2D eigenvalue weighted by Crippen LogP contribution is 2.30. The summed E-state index contributed by atoms with van der Waals surface area (Å²) in [4.78, 5) is 4.73. The molecule has 0 aliphatic heterocycles. The molecule has 0 radical (unpaired) electrons. The number of rotatable bonds is 4. The van der Waals surface area contributed by atoms with Crippen LogP contribution in [0.3, 0.4) is 0 Å². The summed E-state index contributed by atoms with van der Waals surface area (Å²) >= 11 is 0. The first-order valence-electron chi connectivity index (χ1n) is 9.25. The quantitative estimate of drug-likeness (QED) is 0.405. The van der Waals surface area contributed by atoms with E-state index in [1.807, 2.05) is 61.5 Å². The molecule has 0 saturated heterocycles. The van der Waals surface area contributed by atoms with Crippen molar-refractivity contribution in [3.63, 3.8) is 0 Å². The number of fused-ring (bicyclic) bond motifs is 1. The van der Waals surface area contributed by atoms with Crippen molar-refractivity contribution in [3.05, 3.63) is 78.1 Å². The topological polar surface area (TPSA) is 22.1 Å². The molecule has 0 bridgehead atoms. The van der Waals surface area contributed by atoms with Gasteiger partial charge in [-0.1, -0.05) is 30.3 Å². The fourth-order valence-electron chi connectivity index (χ4n) is 3.37.